The van der Waals surface area contributed by atoms with Crippen LogP contribution in [0.3, 0.4) is 0 Å². The summed E-state index contributed by atoms with van der Waals surface area (Å²) in [5.74, 6) is -0.810. The van der Waals surface area contributed by atoms with E-state index in [1.807, 2.05) is 6.92 Å². The number of hydrogen-bond acceptors (Lipinski definition) is 5. The van der Waals surface area contributed by atoms with E-state index in [0.717, 1.165) is 10.5 Å². The van der Waals surface area contributed by atoms with Gasteiger partial charge in [0.05, 0.1) is 19.4 Å². The van der Waals surface area contributed by atoms with E-state index in [1.54, 1.807) is 55.6 Å². The molecule has 0 aromatic heterocycles. The predicted molar refractivity (Wildman–Crippen MR) is 98.8 cm³/mol. The van der Waals surface area contributed by atoms with Gasteiger partial charge in [-0.2, -0.15) is 0 Å². The number of benzene rings is 2. The van der Waals surface area contributed by atoms with Crippen molar-refractivity contribution in [2.75, 3.05) is 18.6 Å². The lowest BCUT2D eigenvalue weighted by atomic mass is 9.95. The van der Waals surface area contributed by atoms with Crippen molar-refractivity contribution in [2.45, 2.75) is 13.3 Å². The smallest absolute Gasteiger partial charge is 0.335 e. The van der Waals surface area contributed by atoms with Gasteiger partial charge in [-0.1, -0.05) is 12.1 Å². The third-order valence-corrected chi connectivity index (χ3v) is 4.27. The second kappa shape index (κ2) is 7.90. The number of nitrogens with one attached hydrogen (secondary N) is 1. The molecule has 3 rings (SSSR count). The Labute approximate surface area is 156 Å². The van der Waals surface area contributed by atoms with Crippen molar-refractivity contribution in [1.82, 2.24) is 5.32 Å². The van der Waals surface area contributed by atoms with Gasteiger partial charge in [0.2, 0.25) is 11.8 Å². The summed E-state index contributed by atoms with van der Waals surface area (Å²) in [6.07, 6.45) is 0.190. The van der Waals surface area contributed by atoms with Gasteiger partial charge in [0.15, 0.2) is 0 Å². The summed E-state index contributed by atoms with van der Waals surface area (Å²) in [6, 6.07) is 12.9. The number of nitrogens with zero attached hydrogens (tertiary/aromatic N) is 1. The number of amides is 4. The molecule has 0 spiro atoms. The number of carbonyl (C=O) groups excluding carboxylic acids is 3. The monoisotopic (exact) mass is 368 g/mol. The Balaban J connectivity index is 1.82. The van der Waals surface area contributed by atoms with E-state index >= 15 is 0 Å². The number of urea groups is 1. The molecule has 2 aromatic rings. The number of rotatable bonds is 6. The fraction of sp³-hybridized carbons (Fsp3) is 0.250. The average Bonchev–Trinajstić information content (AvgIpc) is 2.67. The van der Waals surface area contributed by atoms with Crippen LogP contribution < -0.4 is 19.7 Å². The highest BCUT2D eigenvalue weighted by molar-refractivity contribution is 6.27. The van der Waals surface area contributed by atoms with Gasteiger partial charge in [-0.3, -0.25) is 14.9 Å². The van der Waals surface area contributed by atoms with Crippen LogP contribution in [0.2, 0.25) is 0 Å². The zero-order valence-corrected chi connectivity index (χ0v) is 15.1. The summed E-state index contributed by atoms with van der Waals surface area (Å²) >= 11 is 0. The lowest BCUT2D eigenvalue weighted by Crippen LogP contribution is -2.58. The Morgan fingerprint density at radius 2 is 1.59 bits per heavy atom. The third kappa shape index (κ3) is 3.92. The van der Waals surface area contributed by atoms with E-state index in [1.165, 1.54) is 0 Å². The van der Waals surface area contributed by atoms with Gasteiger partial charge >= 0.3 is 6.03 Å². The molecule has 1 aliphatic heterocycles. The molecule has 1 atom stereocenters. The number of anilines is 1. The van der Waals surface area contributed by atoms with Crippen LogP contribution in [-0.4, -0.2) is 31.6 Å². The number of barbiturate groups is 1. The van der Waals surface area contributed by atoms with Crippen LogP contribution in [0.4, 0.5) is 10.5 Å². The van der Waals surface area contributed by atoms with Crippen LogP contribution in [-0.2, 0) is 16.0 Å². The summed E-state index contributed by atoms with van der Waals surface area (Å²) in [7, 11) is 1.56. The molecule has 0 unspecified atom stereocenters. The van der Waals surface area contributed by atoms with Crippen molar-refractivity contribution in [2.24, 2.45) is 5.92 Å². The number of ether oxygens (including phenoxy) is 2. The van der Waals surface area contributed by atoms with E-state index in [4.69, 9.17) is 9.47 Å². The molecule has 0 bridgehead atoms. The summed E-state index contributed by atoms with van der Waals surface area (Å²) in [6.45, 7) is 2.38. The van der Waals surface area contributed by atoms with E-state index in [0.29, 0.717) is 23.8 Å². The van der Waals surface area contributed by atoms with Crippen LogP contribution in [0.25, 0.3) is 0 Å². The summed E-state index contributed by atoms with van der Waals surface area (Å²) < 4.78 is 10.5. The molecule has 0 radical (unpaired) electrons. The van der Waals surface area contributed by atoms with Crippen LogP contribution in [0.1, 0.15) is 12.5 Å². The Bertz CT molecular complexity index is 846. The van der Waals surface area contributed by atoms with E-state index in [-0.39, 0.29) is 6.42 Å². The Hall–Kier alpha value is -3.35. The van der Waals surface area contributed by atoms with Crippen molar-refractivity contribution in [3.8, 4) is 11.5 Å². The maximum Gasteiger partial charge on any atom is 0.335 e. The molecule has 7 nitrogen and oxygen atoms in total. The highest BCUT2D eigenvalue weighted by Crippen LogP contribution is 2.25. The first-order valence-electron chi connectivity index (χ1n) is 8.58. The number of hydrogen-bond donors (Lipinski definition) is 1. The lowest BCUT2D eigenvalue weighted by molar-refractivity contribution is -0.134. The summed E-state index contributed by atoms with van der Waals surface area (Å²) in [5.41, 5.74) is 1.18. The summed E-state index contributed by atoms with van der Waals surface area (Å²) in [5, 5.41) is 2.26. The van der Waals surface area contributed by atoms with Crippen molar-refractivity contribution < 1.29 is 23.9 Å². The standard InChI is InChI=1S/C20H20N2O5/c1-3-27-16-10-6-14(7-11-16)22-19(24)17(18(23)21-20(22)25)12-13-4-8-15(26-2)9-5-13/h4-11,17H,3,12H2,1-2H3,(H,21,23,25)/t17-/m1/s1. The van der Waals surface area contributed by atoms with Crippen molar-refractivity contribution in [3.63, 3.8) is 0 Å². The van der Waals surface area contributed by atoms with Crippen LogP contribution in [0.5, 0.6) is 11.5 Å². The molecule has 1 aliphatic rings. The van der Waals surface area contributed by atoms with E-state index < -0.39 is 23.8 Å². The van der Waals surface area contributed by atoms with Crippen molar-refractivity contribution >= 4 is 23.5 Å². The zero-order chi connectivity index (χ0) is 19.4. The minimum atomic E-state index is -0.984. The number of imide groups is 2. The second-order valence-corrected chi connectivity index (χ2v) is 6.00. The molecular weight excluding hydrogens is 348 g/mol. The maximum atomic E-state index is 12.9. The third-order valence-electron chi connectivity index (χ3n) is 4.27. The van der Waals surface area contributed by atoms with Gasteiger partial charge in [-0.25, -0.2) is 9.69 Å². The molecule has 140 valence electrons. The van der Waals surface area contributed by atoms with Crippen molar-refractivity contribution in [1.29, 1.82) is 0 Å². The number of methoxy groups -OCH3 is 1. The molecule has 1 saturated heterocycles. The van der Waals surface area contributed by atoms with Gasteiger partial charge in [0.25, 0.3) is 0 Å². The molecule has 27 heavy (non-hydrogen) atoms. The first-order chi connectivity index (χ1) is 13.0. The molecule has 1 fully saturated rings. The Kier molecular flexibility index (Phi) is 5.40. The molecule has 0 saturated carbocycles. The molecule has 4 amide bonds. The van der Waals surface area contributed by atoms with Gasteiger partial charge < -0.3 is 9.47 Å². The van der Waals surface area contributed by atoms with Gasteiger partial charge in [0, 0.05) is 0 Å². The van der Waals surface area contributed by atoms with Gasteiger partial charge in [-0.15, -0.1) is 0 Å². The average molecular weight is 368 g/mol. The minimum absolute atomic E-state index is 0.190. The van der Waals surface area contributed by atoms with Crippen LogP contribution >= 0.6 is 0 Å². The quantitative estimate of drug-likeness (QED) is 0.792. The first-order valence-corrected chi connectivity index (χ1v) is 8.58. The molecule has 7 heteroatoms. The fourth-order valence-corrected chi connectivity index (χ4v) is 2.90. The van der Waals surface area contributed by atoms with Crippen LogP contribution in [0.15, 0.2) is 48.5 Å². The van der Waals surface area contributed by atoms with Crippen LogP contribution in [0, 0.1) is 5.92 Å². The highest BCUT2D eigenvalue weighted by atomic mass is 16.5. The number of carbonyl (C=O) groups is 3. The fourth-order valence-electron chi connectivity index (χ4n) is 2.90. The highest BCUT2D eigenvalue weighted by Gasteiger charge is 2.41. The van der Waals surface area contributed by atoms with E-state index in [2.05, 4.69) is 5.32 Å². The zero-order valence-electron chi connectivity index (χ0n) is 15.1. The largest absolute Gasteiger partial charge is 0.497 e. The van der Waals surface area contributed by atoms with E-state index in [9.17, 15) is 14.4 Å². The minimum Gasteiger partial charge on any atom is -0.497 e. The molecule has 1 heterocycles. The SMILES string of the molecule is CCOc1ccc(N2C(=O)NC(=O)[C@@H](Cc3ccc(OC)cc3)C2=O)cc1. The first kappa shape index (κ1) is 18.4. The molecule has 1 N–H and O–H groups in total. The van der Waals surface area contributed by atoms with Gasteiger partial charge in [0.1, 0.15) is 17.4 Å². The topological polar surface area (TPSA) is 84.9 Å². The molecule has 0 aliphatic carbocycles. The second-order valence-electron chi connectivity index (χ2n) is 6.00. The predicted octanol–water partition coefficient (Wildman–Crippen LogP) is 2.54. The normalized spacial score (nSPS) is 16.9. The van der Waals surface area contributed by atoms with Crippen molar-refractivity contribution in [3.05, 3.63) is 54.1 Å². The van der Waals surface area contributed by atoms with Gasteiger partial charge in [-0.05, 0) is 55.3 Å². The Morgan fingerprint density at radius 1 is 0.963 bits per heavy atom. The Morgan fingerprint density at radius 3 is 2.19 bits per heavy atom. The molecular formula is C20H20N2O5. The maximum absolute atomic E-state index is 12.9. The summed E-state index contributed by atoms with van der Waals surface area (Å²) in [4.78, 5) is 38.3. The molecule has 2 aromatic carbocycles. The lowest BCUT2D eigenvalue weighted by Gasteiger charge is -2.30.